The molecule has 0 fully saturated rings. The summed E-state index contributed by atoms with van der Waals surface area (Å²) in [5.74, 6) is 0. The lowest BCUT2D eigenvalue weighted by molar-refractivity contribution is -0.137. The van der Waals surface area contributed by atoms with Gasteiger partial charge < -0.3 is 16.2 Å². The van der Waals surface area contributed by atoms with E-state index < -0.39 is 11.7 Å². The number of alkyl halides is 3. The van der Waals surface area contributed by atoms with Gasteiger partial charge in [-0.1, -0.05) is 12.1 Å². The molecule has 0 aliphatic rings. The molecule has 108 valence electrons. The highest BCUT2D eigenvalue weighted by molar-refractivity contribution is 5.27. The van der Waals surface area contributed by atoms with Crippen LogP contribution in [0.4, 0.5) is 13.2 Å². The third-order valence-electron chi connectivity index (χ3n) is 2.92. The number of hydrogen-bond donors (Lipinski definition) is 3. The number of aliphatic hydroxyl groups is 1. The van der Waals surface area contributed by atoms with Crippen molar-refractivity contribution >= 4 is 0 Å². The second-order valence-electron chi connectivity index (χ2n) is 4.49. The maximum atomic E-state index is 12.4. The van der Waals surface area contributed by atoms with Crippen LogP contribution in [-0.2, 0) is 6.18 Å². The quantitative estimate of drug-likeness (QED) is 0.745. The van der Waals surface area contributed by atoms with Crippen molar-refractivity contribution in [3.63, 3.8) is 0 Å². The summed E-state index contributed by atoms with van der Waals surface area (Å²) < 4.78 is 37.3. The van der Waals surface area contributed by atoms with Crippen LogP contribution in [0.2, 0.25) is 0 Å². The van der Waals surface area contributed by atoms with Gasteiger partial charge in [0.25, 0.3) is 0 Å². The molecule has 4 N–H and O–H groups in total. The van der Waals surface area contributed by atoms with E-state index in [-0.39, 0.29) is 25.2 Å². The van der Waals surface area contributed by atoms with Crippen molar-refractivity contribution in [1.29, 1.82) is 0 Å². The molecule has 0 radical (unpaired) electrons. The molecule has 0 spiro atoms. The Morgan fingerprint density at radius 2 is 1.84 bits per heavy atom. The number of nitrogens with one attached hydrogen (secondary N) is 1. The van der Waals surface area contributed by atoms with Crippen LogP contribution in [-0.4, -0.2) is 24.3 Å². The van der Waals surface area contributed by atoms with E-state index >= 15 is 0 Å². The zero-order valence-electron chi connectivity index (χ0n) is 10.7. The number of hydrogen-bond acceptors (Lipinski definition) is 3. The Morgan fingerprint density at radius 1 is 1.26 bits per heavy atom. The molecule has 0 aromatic heterocycles. The maximum absolute atomic E-state index is 12.4. The third-order valence-corrected chi connectivity index (χ3v) is 2.92. The molecule has 0 saturated heterocycles. The summed E-state index contributed by atoms with van der Waals surface area (Å²) in [7, 11) is 0. The van der Waals surface area contributed by atoms with E-state index in [4.69, 9.17) is 10.8 Å². The average molecular weight is 276 g/mol. The van der Waals surface area contributed by atoms with Gasteiger partial charge in [0.1, 0.15) is 0 Å². The number of nitrogens with two attached hydrogens (primary N) is 1. The van der Waals surface area contributed by atoms with E-state index in [0.29, 0.717) is 12.0 Å². The smallest absolute Gasteiger partial charge is 0.396 e. The molecule has 1 rings (SSSR count). The first kappa shape index (κ1) is 15.9. The van der Waals surface area contributed by atoms with E-state index in [9.17, 15) is 13.2 Å². The lowest BCUT2D eigenvalue weighted by Crippen LogP contribution is -2.35. The molecular formula is C13H19F3N2O. The van der Waals surface area contributed by atoms with Crippen molar-refractivity contribution in [3.8, 4) is 0 Å². The van der Waals surface area contributed by atoms with Gasteiger partial charge in [0.2, 0.25) is 0 Å². The Kier molecular flexibility index (Phi) is 5.78. The minimum absolute atomic E-state index is 0.0424. The van der Waals surface area contributed by atoms with Crippen LogP contribution < -0.4 is 11.1 Å². The summed E-state index contributed by atoms with van der Waals surface area (Å²) in [4.78, 5) is 0. The Hall–Kier alpha value is -1.11. The summed E-state index contributed by atoms with van der Waals surface area (Å²) in [6.07, 6.45) is -3.76. The van der Waals surface area contributed by atoms with Crippen LogP contribution in [0.5, 0.6) is 0 Å². The molecule has 3 nitrogen and oxygen atoms in total. The van der Waals surface area contributed by atoms with Crippen molar-refractivity contribution in [2.75, 3.05) is 13.2 Å². The van der Waals surface area contributed by atoms with Gasteiger partial charge in [-0.15, -0.1) is 0 Å². The molecule has 6 heteroatoms. The Labute approximate surface area is 110 Å². The number of aliphatic hydroxyl groups excluding tert-OH is 1. The van der Waals surface area contributed by atoms with Crippen molar-refractivity contribution in [3.05, 3.63) is 35.4 Å². The van der Waals surface area contributed by atoms with E-state index in [1.807, 2.05) is 6.92 Å². The standard InChI is InChI=1S/C13H19F3N2O/c1-9(6-7-19)18-12(8-17)10-2-4-11(5-3-10)13(14,15)16/h2-5,9,12,18-19H,6-8,17H2,1H3. The second kappa shape index (κ2) is 6.88. The molecule has 0 aliphatic carbocycles. The van der Waals surface area contributed by atoms with Crippen LogP contribution in [0.25, 0.3) is 0 Å². The van der Waals surface area contributed by atoms with Crippen molar-refractivity contribution in [2.45, 2.75) is 31.6 Å². The molecule has 0 heterocycles. The van der Waals surface area contributed by atoms with Gasteiger partial charge in [0, 0.05) is 25.2 Å². The summed E-state index contributed by atoms with van der Waals surface area (Å²) in [6, 6.07) is 4.79. The zero-order chi connectivity index (χ0) is 14.5. The molecule has 19 heavy (non-hydrogen) atoms. The van der Waals surface area contributed by atoms with Gasteiger partial charge >= 0.3 is 6.18 Å². The molecule has 2 unspecified atom stereocenters. The summed E-state index contributed by atoms with van der Waals surface area (Å²) in [6.45, 7) is 2.22. The van der Waals surface area contributed by atoms with Gasteiger partial charge in [0.05, 0.1) is 5.56 Å². The van der Waals surface area contributed by atoms with E-state index in [1.54, 1.807) is 0 Å². The maximum Gasteiger partial charge on any atom is 0.416 e. The number of halogens is 3. The second-order valence-corrected chi connectivity index (χ2v) is 4.49. The first-order valence-electron chi connectivity index (χ1n) is 6.12. The van der Waals surface area contributed by atoms with Gasteiger partial charge in [-0.2, -0.15) is 13.2 Å². The van der Waals surface area contributed by atoms with Gasteiger partial charge in [-0.25, -0.2) is 0 Å². The molecule has 1 aromatic carbocycles. The highest BCUT2D eigenvalue weighted by Gasteiger charge is 2.30. The normalized spacial score (nSPS) is 15.3. The van der Waals surface area contributed by atoms with Crippen LogP contribution >= 0.6 is 0 Å². The van der Waals surface area contributed by atoms with Crippen LogP contribution in [0.3, 0.4) is 0 Å². The SMILES string of the molecule is CC(CCO)NC(CN)c1ccc(C(F)(F)F)cc1. The third kappa shape index (κ3) is 4.81. The minimum atomic E-state index is -4.33. The van der Waals surface area contributed by atoms with Crippen LogP contribution in [0, 0.1) is 0 Å². The lowest BCUT2D eigenvalue weighted by Gasteiger charge is -2.22. The fraction of sp³-hybridized carbons (Fsp3) is 0.538. The van der Waals surface area contributed by atoms with Crippen LogP contribution in [0.15, 0.2) is 24.3 Å². The molecule has 0 amide bonds. The summed E-state index contributed by atoms with van der Waals surface area (Å²) in [5.41, 5.74) is 5.66. The van der Waals surface area contributed by atoms with Gasteiger partial charge in [0.15, 0.2) is 0 Å². The first-order valence-corrected chi connectivity index (χ1v) is 6.12. The van der Waals surface area contributed by atoms with E-state index in [1.165, 1.54) is 12.1 Å². The predicted octanol–water partition coefficient (Wildman–Crippen LogP) is 2.07. The van der Waals surface area contributed by atoms with E-state index in [0.717, 1.165) is 12.1 Å². The monoisotopic (exact) mass is 276 g/mol. The van der Waals surface area contributed by atoms with Gasteiger partial charge in [-0.05, 0) is 31.0 Å². The fourth-order valence-electron chi connectivity index (χ4n) is 1.83. The fourth-order valence-corrected chi connectivity index (χ4v) is 1.83. The first-order chi connectivity index (χ1) is 8.88. The predicted molar refractivity (Wildman–Crippen MR) is 67.5 cm³/mol. The number of rotatable bonds is 6. The average Bonchev–Trinajstić information content (AvgIpc) is 2.35. The zero-order valence-corrected chi connectivity index (χ0v) is 10.7. The minimum Gasteiger partial charge on any atom is -0.396 e. The van der Waals surface area contributed by atoms with Crippen molar-refractivity contribution in [2.24, 2.45) is 5.73 Å². The highest BCUT2D eigenvalue weighted by atomic mass is 19.4. The molecule has 0 bridgehead atoms. The highest BCUT2D eigenvalue weighted by Crippen LogP contribution is 2.29. The lowest BCUT2D eigenvalue weighted by atomic mass is 10.0. The van der Waals surface area contributed by atoms with Crippen molar-refractivity contribution in [1.82, 2.24) is 5.32 Å². The van der Waals surface area contributed by atoms with E-state index in [2.05, 4.69) is 5.32 Å². The molecule has 2 atom stereocenters. The molecule has 0 saturated carbocycles. The largest absolute Gasteiger partial charge is 0.416 e. The molecule has 1 aromatic rings. The Morgan fingerprint density at radius 3 is 2.26 bits per heavy atom. The number of benzene rings is 1. The Bertz CT molecular complexity index is 378. The molecular weight excluding hydrogens is 257 g/mol. The van der Waals surface area contributed by atoms with Gasteiger partial charge in [-0.3, -0.25) is 0 Å². The Balaban J connectivity index is 2.77. The summed E-state index contributed by atoms with van der Waals surface area (Å²) in [5, 5.41) is 12.0. The van der Waals surface area contributed by atoms with Crippen LogP contribution in [0.1, 0.15) is 30.5 Å². The summed E-state index contributed by atoms with van der Waals surface area (Å²) >= 11 is 0. The topological polar surface area (TPSA) is 58.3 Å². The van der Waals surface area contributed by atoms with Crippen molar-refractivity contribution < 1.29 is 18.3 Å². The molecule has 0 aliphatic heterocycles.